The van der Waals surface area contributed by atoms with Crippen LogP contribution in [0.1, 0.15) is 24.2 Å². The Balaban J connectivity index is 2.59. The van der Waals surface area contributed by atoms with Gasteiger partial charge < -0.3 is 5.11 Å². The van der Waals surface area contributed by atoms with E-state index >= 15 is 0 Å². The molecule has 5 heteroatoms. The third-order valence-electron chi connectivity index (χ3n) is 3.98. The summed E-state index contributed by atoms with van der Waals surface area (Å²) in [5.41, 5.74) is 0.462. The lowest BCUT2D eigenvalue weighted by Gasteiger charge is -2.27. The highest BCUT2D eigenvalue weighted by Gasteiger charge is 2.38. The van der Waals surface area contributed by atoms with E-state index in [-0.39, 0.29) is 4.90 Å². The standard InChI is InChI=1S/C19H19ClO3S/c1-3-14(4-2)18(21)19(15-10-12-16(20)13-11-15)24(22,23)17-8-6-5-7-9-17/h1,5-14,18-19,21H,4H2,2H3. The molecule has 3 unspecified atom stereocenters. The van der Waals surface area contributed by atoms with Crippen LogP contribution in [0.5, 0.6) is 0 Å². The number of sulfone groups is 1. The smallest absolute Gasteiger partial charge is 0.187 e. The fourth-order valence-corrected chi connectivity index (χ4v) is 4.67. The summed E-state index contributed by atoms with van der Waals surface area (Å²) >= 11 is 5.90. The Morgan fingerprint density at radius 1 is 1.12 bits per heavy atom. The fourth-order valence-electron chi connectivity index (χ4n) is 2.64. The first-order chi connectivity index (χ1) is 11.4. The van der Waals surface area contributed by atoms with Crippen LogP contribution in [0.15, 0.2) is 59.5 Å². The molecule has 24 heavy (non-hydrogen) atoms. The minimum atomic E-state index is -3.82. The molecule has 0 aliphatic carbocycles. The summed E-state index contributed by atoms with van der Waals surface area (Å²) in [4.78, 5) is 0.149. The summed E-state index contributed by atoms with van der Waals surface area (Å²) in [7, 11) is -3.82. The molecule has 1 N–H and O–H groups in total. The van der Waals surface area contributed by atoms with Gasteiger partial charge in [-0.1, -0.05) is 48.9 Å². The highest BCUT2D eigenvalue weighted by atomic mass is 35.5. The Labute approximate surface area is 148 Å². The van der Waals surface area contributed by atoms with Gasteiger partial charge in [0, 0.05) is 10.9 Å². The highest BCUT2D eigenvalue weighted by molar-refractivity contribution is 7.91. The van der Waals surface area contributed by atoms with Gasteiger partial charge in [0.15, 0.2) is 9.84 Å². The lowest BCUT2D eigenvalue weighted by atomic mass is 9.94. The summed E-state index contributed by atoms with van der Waals surface area (Å²) < 4.78 is 26.3. The quantitative estimate of drug-likeness (QED) is 0.793. The van der Waals surface area contributed by atoms with E-state index in [1.807, 2.05) is 6.92 Å². The normalized spacial score (nSPS) is 15.2. The number of hydrogen-bond donors (Lipinski definition) is 1. The minimum Gasteiger partial charge on any atom is -0.390 e. The van der Waals surface area contributed by atoms with Crippen LogP contribution in [0.3, 0.4) is 0 Å². The van der Waals surface area contributed by atoms with Gasteiger partial charge in [0.2, 0.25) is 0 Å². The molecule has 2 aromatic carbocycles. The first-order valence-electron chi connectivity index (χ1n) is 7.60. The molecule has 0 heterocycles. The molecule has 0 aliphatic heterocycles. The Morgan fingerprint density at radius 3 is 2.21 bits per heavy atom. The molecule has 126 valence electrons. The van der Waals surface area contributed by atoms with Crippen LogP contribution in [-0.4, -0.2) is 19.6 Å². The van der Waals surface area contributed by atoms with Crippen LogP contribution in [0.2, 0.25) is 5.02 Å². The van der Waals surface area contributed by atoms with E-state index in [4.69, 9.17) is 18.0 Å². The number of halogens is 1. The van der Waals surface area contributed by atoms with E-state index in [1.54, 1.807) is 42.5 Å². The van der Waals surface area contributed by atoms with Crippen LogP contribution in [-0.2, 0) is 9.84 Å². The SMILES string of the molecule is C#CC(CC)C(O)C(c1ccc(Cl)cc1)S(=O)(=O)c1ccccc1. The third kappa shape index (κ3) is 3.81. The Bertz CT molecular complexity index is 808. The number of rotatable bonds is 6. The Hall–Kier alpha value is -1.80. The van der Waals surface area contributed by atoms with Crippen molar-refractivity contribution in [2.45, 2.75) is 29.6 Å². The lowest BCUT2D eigenvalue weighted by molar-refractivity contribution is 0.126. The molecule has 2 rings (SSSR count). The molecular formula is C19H19ClO3S. The minimum absolute atomic E-state index is 0.149. The average Bonchev–Trinajstić information content (AvgIpc) is 2.58. The Morgan fingerprint density at radius 2 is 1.71 bits per heavy atom. The van der Waals surface area contributed by atoms with Crippen LogP contribution in [0, 0.1) is 18.3 Å². The zero-order chi connectivity index (χ0) is 17.7. The van der Waals surface area contributed by atoms with E-state index in [9.17, 15) is 13.5 Å². The molecule has 3 nitrogen and oxygen atoms in total. The summed E-state index contributed by atoms with van der Waals surface area (Å²) in [6.45, 7) is 1.82. The van der Waals surface area contributed by atoms with Crippen LogP contribution < -0.4 is 0 Å². The predicted molar refractivity (Wildman–Crippen MR) is 96.4 cm³/mol. The van der Waals surface area contributed by atoms with Gasteiger partial charge in [0.25, 0.3) is 0 Å². The van der Waals surface area contributed by atoms with E-state index < -0.39 is 27.1 Å². The maximum Gasteiger partial charge on any atom is 0.187 e. The molecule has 0 radical (unpaired) electrons. The van der Waals surface area contributed by atoms with Gasteiger partial charge in [-0.2, -0.15) is 0 Å². The van der Waals surface area contributed by atoms with Gasteiger partial charge in [-0.05, 0) is 36.2 Å². The topological polar surface area (TPSA) is 54.4 Å². The second-order valence-corrected chi connectivity index (χ2v) is 8.01. The van der Waals surface area contributed by atoms with Gasteiger partial charge in [0.1, 0.15) is 5.25 Å². The van der Waals surface area contributed by atoms with Gasteiger partial charge in [-0.15, -0.1) is 12.3 Å². The number of aliphatic hydroxyl groups excluding tert-OH is 1. The third-order valence-corrected chi connectivity index (χ3v) is 6.38. The van der Waals surface area contributed by atoms with Crippen molar-refractivity contribution < 1.29 is 13.5 Å². The first kappa shape index (κ1) is 18.5. The monoisotopic (exact) mass is 362 g/mol. The summed E-state index contributed by atoms with van der Waals surface area (Å²) in [6, 6.07) is 14.5. The molecule has 0 saturated carbocycles. The number of hydrogen-bond acceptors (Lipinski definition) is 3. The van der Waals surface area contributed by atoms with Crippen molar-refractivity contribution in [1.82, 2.24) is 0 Å². The van der Waals surface area contributed by atoms with Gasteiger partial charge in [0.05, 0.1) is 11.0 Å². The van der Waals surface area contributed by atoms with Crippen LogP contribution in [0.4, 0.5) is 0 Å². The lowest BCUT2D eigenvalue weighted by Crippen LogP contribution is -2.32. The van der Waals surface area contributed by atoms with Gasteiger partial charge >= 0.3 is 0 Å². The molecule has 0 aliphatic rings. The van der Waals surface area contributed by atoms with Crippen molar-refractivity contribution in [2.75, 3.05) is 0 Å². The van der Waals surface area contributed by atoms with Crippen molar-refractivity contribution in [1.29, 1.82) is 0 Å². The molecule has 2 aromatic rings. The van der Waals surface area contributed by atoms with E-state index in [0.717, 1.165) is 0 Å². The van der Waals surface area contributed by atoms with E-state index in [2.05, 4.69) is 5.92 Å². The van der Waals surface area contributed by atoms with Crippen molar-refractivity contribution in [3.8, 4) is 12.3 Å². The van der Waals surface area contributed by atoms with Crippen molar-refractivity contribution in [2.24, 2.45) is 5.92 Å². The highest BCUT2D eigenvalue weighted by Crippen LogP contribution is 2.35. The predicted octanol–water partition coefficient (Wildman–Crippen LogP) is 3.88. The molecule has 0 bridgehead atoms. The summed E-state index contributed by atoms with van der Waals surface area (Å²) in [5.74, 6) is 1.93. The zero-order valence-electron chi connectivity index (χ0n) is 13.3. The second kappa shape index (κ2) is 7.85. The zero-order valence-corrected chi connectivity index (χ0v) is 14.8. The molecule has 0 spiro atoms. The molecule has 0 aromatic heterocycles. The second-order valence-electron chi connectivity index (χ2n) is 5.50. The van der Waals surface area contributed by atoms with Crippen molar-refractivity contribution >= 4 is 21.4 Å². The molecular weight excluding hydrogens is 344 g/mol. The van der Waals surface area contributed by atoms with Crippen LogP contribution in [0.25, 0.3) is 0 Å². The maximum atomic E-state index is 13.1. The average molecular weight is 363 g/mol. The molecule has 0 amide bonds. The maximum absolute atomic E-state index is 13.1. The van der Waals surface area contributed by atoms with E-state index in [1.165, 1.54) is 12.1 Å². The number of aliphatic hydroxyl groups is 1. The van der Waals surface area contributed by atoms with Crippen molar-refractivity contribution in [3.05, 3.63) is 65.2 Å². The van der Waals surface area contributed by atoms with Gasteiger partial charge in [-0.25, -0.2) is 8.42 Å². The fraction of sp³-hybridized carbons (Fsp3) is 0.263. The number of benzene rings is 2. The molecule has 0 fully saturated rings. The van der Waals surface area contributed by atoms with Crippen LogP contribution >= 0.6 is 11.6 Å². The first-order valence-corrected chi connectivity index (χ1v) is 9.52. The largest absolute Gasteiger partial charge is 0.390 e. The molecule has 0 saturated heterocycles. The number of terminal acetylenes is 1. The van der Waals surface area contributed by atoms with E-state index in [0.29, 0.717) is 17.0 Å². The summed E-state index contributed by atoms with van der Waals surface area (Å²) in [6.07, 6.45) is 4.74. The Kier molecular flexibility index (Phi) is 6.06. The summed E-state index contributed by atoms with van der Waals surface area (Å²) in [5, 5.41) is 10.1. The molecule has 3 atom stereocenters. The van der Waals surface area contributed by atoms with Gasteiger partial charge in [-0.3, -0.25) is 0 Å². The van der Waals surface area contributed by atoms with Crippen molar-refractivity contribution in [3.63, 3.8) is 0 Å².